The number of nitrogens with one attached hydrogen (secondary N) is 1. The van der Waals surface area contributed by atoms with Crippen LogP contribution in [-0.4, -0.2) is 34.4 Å². The Bertz CT molecular complexity index is 812. The first-order chi connectivity index (χ1) is 12.5. The number of benzene rings is 1. The van der Waals surface area contributed by atoms with Crippen molar-refractivity contribution in [3.8, 4) is 11.1 Å². The summed E-state index contributed by atoms with van der Waals surface area (Å²) in [6.07, 6.45) is 7.12. The van der Waals surface area contributed by atoms with Crippen LogP contribution in [0.1, 0.15) is 0 Å². The van der Waals surface area contributed by atoms with Crippen molar-refractivity contribution in [3.63, 3.8) is 0 Å². The normalized spacial score (nSPS) is 11.5. The van der Waals surface area contributed by atoms with Crippen LogP contribution < -0.4 is 5.32 Å². The number of rotatable bonds is 8. The molecule has 0 aliphatic heterocycles. The zero-order valence-corrected chi connectivity index (χ0v) is 16.5. The Labute approximate surface area is 155 Å². The number of hydrogen-bond donors (Lipinski definition) is 1. The van der Waals surface area contributed by atoms with Crippen LogP contribution in [0.15, 0.2) is 55.2 Å². The Morgan fingerprint density at radius 1 is 1.08 bits per heavy atom. The SMILES string of the molecule is C[Si](C)(C)CCOCn1cc(-c2ccc(Nc3ccncn3)cc2)cn1. The second kappa shape index (κ2) is 8.24. The van der Waals surface area contributed by atoms with Crippen LogP contribution in [0.3, 0.4) is 0 Å². The van der Waals surface area contributed by atoms with Gasteiger partial charge >= 0.3 is 0 Å². The molecule has 0 saturated carbocycles. The van der Waals surface area contributed by atoms with Gasteiger partial charge in [-0.1, -0.05) is 31.8 Å². The van der Waals surface area contributed by atoms with Gasteiger partial charge in [0.2, 0.25) is 0 Å². The molecule has 0 amide bonds. The van der Waals surface area contributed by atoms with Gasteiger partial charge in [-0.2, -0.15) is 5.10 Å². The van der Waals surface area contributed by atoms with Crippen LogP contribution in [0.5, 0.6) is 0 Å². The average molecular weight is 368 g/mol. The minimum Gasteiger partial charge on any atom is -0.360 e. The van der Waals surface area contributed by atoms with Crippen molar-refractivity contribution >= 4 is 19.6 Å². The second-order valence-corrected chi connectivity index (χ2v) is 13.0. The summed E-state index contributed by atoms with van der Waals surface area (Å²) in [7, 11) is -1.05. The highest BCUT2D eigenvalue weighted by molar-refractivity contribution is 6.76. The highest BCUT2D eigenvalue weighted by Crippen LogP contribution is 2.22. The van der Waals surface area contributed by atoms with Gasteiger partial charge in [-0.15, -0.1) is 0 Å². The Kier molecular flexibility index (Phi) is 5.80. The molecule has 0 aliphatic carbocycles. The van der Waals surface area contributed by atoms with E-state index in [0.717, 1.165) is 29.2 Å². The molecule has 2 aromatic heterocycles. The van der Waals surface area contributed by atoms with E-state index in [1.807, 2.05) is 35.3 Å². The molecule has 136 valence electrons. The summed E-state index contributed by atoms with van der Waals surface area (Å²) in [5, 5.41) is 7.63. The van der Waals surface area contributed by atoms with E-state index in [1.54, 1.807) is 6.20 Å². The number of hydrogen-bond acceptors (Lipinski definition) is 5. The quantitative estimate of drug-likeness (QED) is 0.472. The summed E-state index contributed by atoms with van der Waals surface area (Å²) in [4.78, 5) is 8.07. The summed E-state index contributed by atoms with van der Waals surface area (Å²) >= 11 is 0. The molecule has 0 radical (unpaired) electrons. The van der Waals surface area contributed by atoms with Crippen LogP contribution in [0.2, 0.25) is 25.7 Å². The standard InChI is InChI=1S/C19H25N5OSi/c1-26(2,3)11-10-25-15-24-13-17(12-22-24)16-4-6-18(7-5-16)23-19-8-9-20-14-21-19/h4-9,12-14H,10-11,15H2,1-3H3,(H,20,21,23). The van der Waals surface area contributed by atoms with Gasteiger partial charge in [-0.25, -0.2) is 14.6 Å². The molecule has 0 unspecified atom stereocenters. The highest BCUT2D eigenvalue weighted by Gasteiger charge is 2.12. The van der Waals surface area contributed by atoms with Crippen LogP contribution >= 0.6 is 0 Å². The summed E-state index contributed by atoms with van der Waals surface area (Å²) in [5.74, 6) is 0.774. The number of ether oxygens (including phenoxy) is 1. The van der Waals surface area contributed by atoms with Crippen LogP contribution in [-0.2, 0) is 11.5 Å². The molecule has 3 rings (SSSR count). The van der Waals surface area contributed by atoms with Gasteiger partial charge in [0.15, 0.2) is 0 Å². The lowest BCUT2D eigenvalue weighted by Crippen LogP contribution is -2.22. The van der Waals surface area contributed by atoms with Gasteiger partial charge in [0, 0.05) is 38.3 Å². The lowest BCUT2D eigenvalue weighted by Gasteiger charge is -2.15. The zero-order chi connectivity index (χ0) is 18.4. The second-order valence-electron chi connectivity index (χ2n) is 7.41. The van der Waals surface area contributed by atoms with E-state index < -0.39 is 8.07 Å². The Morgan fingerprint density at radius 3 is 2.58 bits per heavy atom. The molecule has 1 aromatic carbocycles. The van der Waals surface area contributed by atoms with Gasteiger partial charge in [0.25, 0.3) is 0 Å². The molecule has 1 N–H and O–H groups in total. The fraction of sp³-hybridized carbons (Fsp3) is 0.316. The van der Waals surface area contributed by atoms with Crippen molar-refractivity contribution in [2.45, 2.75) is 32.4 Å². The van der Waals surface area contributed by atoms with E-state index in [2.05, 4.69) is 52.2 Å². The van der Waals surface area contributed by atoms with Crippen molar-refractivity contribution in [2.75, 3.05) is 11.9 Å². The zero-order valence-electron chi connectivity index (χ0n) is 15.5. The third kappa shape index (κ3) is 5.50. The van der Waals surface area contributed by atoms with Crippen molar-refractivity contribution in [1.29, 1.82) is 0 Å². The molecule has 6 nitrogen and oxygen atoms in total. The molecule has 0 fully saturated rings. The number of aromatic nitrogens is 4. The Hall–Kier alpha value is -2.51. The van der Waals surface area contributed by atoms with Crippen molar-refractivity contribution < 1.29 is 4.74 Å². The van der Waals surface area contributed by atoms with Crippen LogP contribution in [0.25, 0.3) is 11.1 Å². The van der Waals surface area contributed by atoms with Crippen molar-refractivity contribution in [3.05, 3.63) is 55.2 Å². The van der Waals surface area contributed by atoms with E-state index >= 15 is 0 Å². The first-order valence-corrected chi connectivity index (χ1v) is 12.4. The van der Waals surface area contributed by atoms with E-state index in [0.29, 0.717) is 6.73 Å². The predicted molar refractivity (Wildman–Crippen MR) is 107 cm³/mol. The largest absolute Gasteiger partial charge is 0.360 e. The molecular formula is C19H25N5OSi. The monoisotopic (exact) mass is 367 g/mol. The maximum atomic E-state index is 5.74. The topological polar surface area (TPSA) is 64.9 Å². The molecule has 0 atom stereocenters. The minimum absolute atomic E-state index is 0.498. The molecule has 0 bridgehead atoms. The molecule has 0 aliphatic rings. The van der Waals surface area contributed by atoms with Gasteiger partial charge in [-0.05, 0) is 29.8 Å². The van der Waals surface area contributed by atoms with Crippen LogP contribution in [0, 0.1) is 0 Å². The maximum Gasteiger partial charge on any atom is 0.139 e. The molecule has 7 heteroatoms. The molecule has 26 heavy (non-hydrogen) atoms. The molecule has 0 spiro atoms. The number of nitrogens with zero attached hydrogens (tertiary/aromatic N) is 4. The Balaban J connectivity index is 1.55. The predicted octanol–water partition coefficient (Wildman–Crippen LogP) is 4.40. The maximum absolute atomic E-state index is 5.74. The summed E-state index contributed by atoms with van der Waals surface area (Å²) in [5.41, 5.74) is 3.17. The number of anilines is 2. The van der Waals surface area contributed by atoms with Gasteiger partial charge in [-0.3, -0.25) is 0 Å². The summed E-state index contributed by atoms with van der Waals surface area (Å²) in [6, 6.07) is 11.2. The first-order valence-electron chi connectivity index (χ1n) is 8.73. The fourth-order valence-electron chi connectivity index (χ4n) is 2.38. The molecule has 2 heterocycles. The average Bonchev–Trinajstić information content (AvgIpc) is 3.08. The summed E-state index contributed by atoms with van der Waals surface area (Å²) in [6.45, 7) is 8.36. The van der Waals surface area contributed by atoms with E-state index in [1.165, 1.54) is 12.4 Å². The van der Waals surface area contributed by atoms with Crippen molar-refractivity contribution in [1.82, 2.24) is 19.7 Å². The lowest BCUT2D eigenvalue weighted by atomic mass is 10.1. The van der Waals surface area contributed by atoms with Gasteiger partial charge in [0.1, 0.15) is 18.9 Å². The third-order valence-corrected chi connectivity index (χ3v) is 5.63. The highest BCUT2D eigenvalue weighted by atomic mass is 28.3. The minimum atomic E-state index is -1.05. The van der Waals surface area contributed by atoms with E-state index in [9.17, 15) is 0 Å². The first kappa shape index (κ1) is 18.3. The Morgan fingerprint density at radius 2 is 1.88 bits per heavy atom. The van der Waals surface area contributed by atoms with Gasteiger partial charge < -0.3 is 10.1 Å². The van der Waals surface area contributed by atoms with Crippen molar-refractivity contribution in [2.24, 2.45) is 0 Å². The van der Waals surface area contributed by atoms with Crippen LogP contribution in [0.4, 0.5) is 11.5 Å². The summed E-state index contributed by atoms with van der Waals surface area (Å²) < 4.78 is 7.58. The third-order valence-electron chi connectivity index (χ3n) is 3.93. The molecule has 0 saturated heterocycles. The lowest BCUT2D eigenvalue weighted by molar-refractivity contribution is 0.0786. The van der Waals surface area contributed by atoms with E-state index in [-0.39, 0.29) is 0 Å². The molecule has 3 aromatic rings. The fourth-order valence-corrected chi connectivity index (χ4v) is 3.13. The van der Waals surface area contributed by atoms with Gasteiger partial charge in [0.05, 0.1) is 6.20 Å². The smallest absolute Gasteiger partial charge is 0.139 e. The van der Waals surface area contributed by atoms with E-state index in [4.69, 9.17) is 4.74 Å². The molecular weight excluding hydrogens is 342 g/mol.